The fraction of sp³-hybridized carbons (Fsp3) is 0.643. The molecule has 3 heterocycles. The summed E-state index contributed by atoms with van der Waals surface area (Å²) in [7, 11) is 0. The van der Waals surface area contributed by atoms with Crippen molar-refractivity contribution in [1.82, 2.24) is 4.98 Å². The topological polar surface area (TPSA) is 48.8 Å². The molecule has 2 fully saturated rings. The van der Waals surface area contributed by atoms with Gasteiger partial charge >= 0.3 is 0 Å². The van der Waals surface area contributed by atoms with Gasteiger partial charge in [-0.15, -0.1) is 0 Å². The number of hydrogen-bond acceptors (Lipinski definition) is 5. The van der Waals surface area contributed by atoms with Crippen molar-refractivity contribution in [2.24, 2.45) is 0 Å². The monoisotopic (exact) mass is 263 g/mol. The number of pyridine rings is 1. The van der Waals surface area contributed by atoms with Crippen molar-refractivity contribution in [1.29, 1.82) is 0 Å². The molecule has 0 aliphatic carbocycles. The maximum atomic E-state index is 9.84. The Morgan fingerprint density at radius 1 is 1.16 bits per heavy atom. The standard InChI is InChI=1S/C14H21N3O2/c1-11-7-12(16-3-5-19-6-4-16)15-13(8-11)17-9-14(2,18)10-17/h7-8,18H,3-6,9-10H2,1-2H3. The highest BCUT2D eigenvalue weighted by molar-refractivity contribution is 5.53. The van der Waals surface area contributed by atoms with Crippen LogP contribution in [0.5, 0.6) is 0 Å². The van der Waals surface area contributed by atoms with Gasteiger partial charge in [-0.2, -0.15) is 0 Å². The number of aryl methyl sites for hydroxylation is 1. The third-order valence-corrected chi connectivity index (χ3v) is 3.66. The summed E-state index contributed by atoms with van der Waals surface area (Å²) < 4.78 is 5.38. The number of aliphatic hydroxyl groups is 1. The number of rotatable bonds is 2. The lowest BCUT2D eigenvalue weighted by atomic mass is 9.97. The van der Waals surface area contributed by atoms with Crippen molar-refractivity contribution in [2.75, 3.05) is 49.2 Å². The number of morpholine rings is 1. The van der Waals surface area contributed by atoms with Crippen molar-refractivity contribution in [2.45, 2.75) is 19.4 Å². The zero-order chi connectivity index (χ0) is 13.5. The van der Waals surface area contributed by atoms with E-state index < -0.39 is 5.60 Å². The van der Waals surface area contributed by atoms with E-state index in [1.54, 1.807) is 0 Å². The number of anilines is 2. The summed E-state index contributed by atoms with van der Waals surface area (Å²) in [5, 5.41) is 9.84. The Morgan fingerprint density at radius 2 is 1.74 bits per heavy atom. The van der Waals surface area contributed by atoms with E-state index in [0.29, 0.717) is 13.1 Å². The van der Waals surface area contributed by atoms with Crippen LogP contribution in [0.2, 0.25) is 0 Å². The van der Waals surface area contributed by atoms with Crippen LogP contribution in [0.1, 0.15) is 12.5 Å². The lowest BCUT2D eigenvalue weighted by Gasteiger charge is -2.45. The summed E-state index contributed by atoms with van der Waals surface area (Å²) in [6.45, 7) is 8.60. The van der Waals surface area contributed by atoms with Gasteiger partial charge in [-0.1, -0.05) is 0 Å². The first-order chi connectivity index (χ1) is 9.03. The molecule has 0 bridgehead atoms. The largest absolute Gasteiger partial charge is 0.386 e. The Hall–Kier alpha value is -1.33. The van der Waals surface area contributed by atoms with Gasteiger partial charge in [0.05, 0.1) is 18.8 Å². The average Bonchev–Trinajstić information content (AvgIpc) is 2.36. The lowest BCUT2D eigenvalue weighted by Crippen LogP contribution is -2.60. The Morgan fingerprint density at radius 3 is 2.32 bits per heavy atom. The van der Waals surface area contributed by atoms with Crippen LogP contribution >= 0.6 is 0 Å². The molecule has 5 heteroatoms. The SMILES string of the molecule is Cc1cc(N2CCOCC2)nc(N2CC(C)(O)C2)c1. The second-order valence-electron chi connectivity index (χ2n) is 5.81. The Labute approximate surface area is 113 Å². The van der Waals surface area contributed by atoms with E-state index in [4.69, 9.17) is 9.72 Å². The second-order valence-corrected chi connectivity index (χ2v) is 5.81. The van der Waals surface area contributed by atoms with Gasteiger partial charge in [0.1, 0.15) is 11.6 Å². The Bertz CT molecular complexity index is 462. The highest BCUT2D eigenvalue weighted by atomic mass is 16.5. The zero-order valence-corrected chi connectivity index (χ0v) is 11.6. The molecule has 0 radical (unpaired) electrons. The summed E-state index contributed by atoms with van der Waals surface area (Å²) in [4.78, 5) is 9.11. The summed E-state index contributed by atoms with van der Waals surface area (Å²) in [6, 6.07) is 4.20. The van der Waals surface area contributed by atoms with Crippen LogP contribution in [-0.2, 0) is 4.74 Å². The van der Waals surface area contributed by atoms with Crippen LogP contribution in [0.25, 0.3) is 0 Å². The summed E-state index contributed by atoms with van der Waals surface area (Å²) in [6.07, 6.45) is 0. The zero-order valence-electron chi connectivity index (χ0n) is 11.6. The van der Waals surface area contributed by atoms with Gasteiger partial charge in [0.15, 0.2) is 0 Å². The fourth-order valence-electron chi connectivity index (χ4n) is 2.69. The van der Waals surface area contributed by atoms with Gasteiger partial charge in [-0.05, 0) is 31.5 Å². The first kappa shape index (κ1) is 12.7. The molecule has 5 nitrogen and oxygen atoms in total. The van der Waals surface area contributed by atoms with Gasteiger partial charge in [0.2, 0.25) is 0 Å². The predicted molar refractivity (Wildman–Crippen MR) is 74.8 cm³/mol. The third-order valence-electron chi connectivity index (χ3n) is 3.66. The quantitative estimate of drug-likeness (QED) is 0.855. The molecule has 1 N–H and O–H groups in total. The molecule has 2 aliphatic heterocycles. The number of nitrogens with zero attached hydrogens (tertiary/aromatic N) is 3. The maximum absolute atomic E-state index is 9.84. The molecular weight excluding hydrogens is 242 g/mol. The molecule has 2 aliphatic rings. The van der Waals surface area contributed by atoms with E-state index in [2.05, 4.69) is 28.9 Å². The second kappa shape index (κ2) is 4.65. The van der Waals surface area contributed by atoms with Gasteiger partial charge in [0.25, 0.3) is 0 Å². The van der Waals surface area contributed by atoms with Crippen LogP contribution < -0.4 is 9.80 Å². The summed E-state index contributed by atoms with van der Waals surface area (Å²) in [5.74, 6) is 1.98. The minimum absolute atomic E-state index is 0.565. The molecule has 0 saturated carbocycles. The van der Waals surface area contributed by atoms with Gasteiger partial charge < -0.3 is 19.6 Å². The van der Waals surface area contributed by atoms with E-state index in [1.807, 2.05) is 6.92 Å². The molecule has 0 spiro atoms. The van der Waals surface area contributed by atoms with E-state index >= 15 is 0 Å². The minimum atomic E-state index is -0.565. The Kier molecular flexibility index (Phi) is 3.11. The maximum Gasteiger partial charge on any atom is 0.131 e. The van der Waals surface area contributed by atoms with Crippen molar-refractivity contribution in [3.63, 3.8) is 0 Å². The van der Waals surface area contributed by atoms with Crippen molar-refractivity contribution >= 4 is 11.6 Å². The molecule has 19 heavy (non-hydrogen) atoms. The molecule has 1 aromatic rings. The molecule has 2 saturated heterocycles. The fourth-order valence-corrected chi connectivity index (χ4v) is 2.69. The number of hydrogen-bond donors (Lipinski definition) is 1. The molecule has 104 valence electrons. The molecule has 0 atom stereocenters. The number of ether oxygens (including phenoxy) is 1. The minimum Gasteiger partial charge on any atom is -0.386 e. The van der Waals surface area contributed by atoms with E-state index in [1.165, 1.54) is 5.56 Å². The molecule has 3 rings (SSSR count). The van der Waals surface area contributed by atoms with Crippen LogP contribution in [0.3, 0.4) is 0 Å². The molecule has 1 aromatic heterocycles. The normalized spacial score (nSPS) is 22.3. The van der Waals surface area contributed by atoms with Gasteiger partial charge in [-0.25, -0.2) is 4.98 Å². The van der Waals surface area contributed by atoms with Crippen molar-refractivity contribution < 1.29 is 9.84 Å². The first-order valence-electron chi connectivity index (χ1n) is 6.82. The molecule has 0 unspecified atom stereocenters. The van der Waals surface area contributed by atoms with Gasteiger partial charge in [-0.3, -0.25) is 0 Å². The van der Waals surface area contributed by atoms with Crippen LogP contribution in [0, 0.1) is 6.92 Å². The summed E-state index contributed by atoms with van der Waals surface area (Å²) >= 11 is 0. The van der Waals surface area contributed by atoms with Crippen molar-refractivity contribution in [3.8, 4) is 0 Å². The average molecular weight is 263 g/mol. The third kappa shape index (κ3) is 2.67. The first-order valence-corrected chi connectivity index (χ1v) is 6.82. The number of β-amino-alcohol motifs (C(OH)–C–C–N with tert-alkyl or cyclic N) is 1. The molecule has 0 aromatic carbocycles. The van der Waals surface area contributed by atoms with E-state index in [-0.39, 0.29) is 0 Å². The van der Waals surface area contributed by atoms with E-state index in [9.17, 15) is 5.11 Å². The lowest BCUT2D eigenvalue weighted by molar-refractivity contribution is 0.0305. The predicted octanol–water partition coefficient (Wildman–Crippen LogP) is 0.798. The van der Waals surface area contributed by atoms with Gasteiger partial charge in [0, 0.05) is 26.2 Å². The van der Waals surface area contributed by atoms with Crippen LogP contribution in [-0.4, -0.2) is 55.1 Å². The Balaban J connectivity index is 1.80. The summed E-state index contributed by atoms with van der Waals surface area (Å²) in [5.41, 5.74) is 0.642. The molecular formula is C14H21N3O2. The molecule has 0 amide bonds. The van der Waals surface area contributed by atoms with E-state index in [0.717, 1.165) is 37.9 Å². The highest BCUT2D eigenvalue weighted by Gasteiger charge is 2.37. The van der Waals surface area contributed by atoms with Crippen LogP contribution in [0.15, 0.2) is 12.1 Å². The highest BCUT2D eigenvalue weighted by Crippen LogP contribution is 2.28. The van der Waals surface area contributed by atoms with Crippen LogP contribution in [0.4, 0.5) is 11.6 Å². The smallest absolute Gasteiger partial charge is 0.131 e. The number of aromatic nitrogens is 1. The van der Waals surface area contributed by atoms with Crippen molar-refractivity contribution in [3.05, 3.63) is 17.7 Å².